The third-order valence-corrected chi connectivity index (χ3v) is 7.47. The number of rotatable bonds is 1. The van der Waals surface area contributed by atoms with Crippen LogP contribution in [0.5, 0.6) is 0 Å². The van der Waals surface area contributed by atoms with E-state index in [9.17, 15) is 9.90 Å². The van der Waals surface area contributed by atoms with Gasteiger partial charge >= 0.3 is 0 Å². The first-order chi connectivity index (χ1) is 10.9. The molecule has 0 aliphatic heterocycles. The molecule has 0 aromatic carbocycles. The summed E-state index contributed by atoms with van der Waals surface area (Å²) in [7, 11) is 0. The van der Waals surface area contributed by atoms with Crippen molar-refractivity contribution in [3.63, 3.8) is 0 Å². The Morgan fingerprint density at radius 3 is 2.87 bits per heavy atom. The van der Waals surface area contributed by atoms with Crippen LogP contribution in [0, 0.1) is 34.0 Å². The third-order valence-electron chi connectivity index (χ3n) is 7.47. The molecule has 23 heavy (non-hydrogen) atoms. The van der Waals surface area contributed by atoms with Crippen molar-refractivity contribution in [2.45, 2.75) is 58.5 Å². The minimum absolute atomic E-state index is 0.0709. The smallest absolute Gasteiger partial charge is 0.151 e. The van der Waals surface area contributed by atoms with Gasteiger partial charge in [0.15, 0.2) is 6.29 Å². The Kier molecular flexibility index (Phi) is 3.26. The lowest BCUT2D eigenvalue weighted by molar-refractivity contribution is -0.104. The molecule has 0 aromatic rings. The Labute approximate surface area is 138 Å². The molecule has 124 valence electrons. The number of carbonyl (C=O) groups excluding carboxylic acids is 1. The summed E-state index contributed by atoms with van der Waals surface area (Å²) in [5, 5.41) is 18.3. The van der Waals surface area contributed by atoms with Gasteiger partial charge in [-0.1, -0.05) is 31.6 Å². The average molecular weight is 313 g/mol. The summed E-state index contributed by atoms with van der Waals surface area (Å²) >= 11 is 0. The van der Waals surface area contributed by atoms with Gasteiger partial charge in [0, 0.05) is 16.7 Å². The Bertz CT molecular complexity index is 634. The molecule has 0 saturated heterocycles. The largest absolute Gasteiger partial charge is 0.393 e. The monoisotopic (exact) mass is 313 g/mol. The second-order valence-corrected chi connectivity index (χ2v) is 8.78. The van der Waals surface area contributed by atoms with E-state index in [2.05, 4.69) is 26.0 Å². The summed E-state index contributed by atoms with van der Waals surface area (Å²) in [6.45, 7) is 4.62. The lowest BCUT2D eigenvalue weighted by Crippen LogP contribution is -2.46. The second-order valence-electron chi connectivity index (χ2n) is 8.78. The molecule has 0 radical (unpaired) electrons. The standard InChI is InChI=1S/C20H27NO2/c1-19-6-5-16-15(17(19)8-14(23)10-19)4-3-13-7-18(21)12(11-22)9-20(13,16)2/h5,9,11,13-15,17,21,23H,3-4,6-8,10H2,1-2H3/t13?,14?,15-,17+,19-,20+/m1/s1. The molecule has 0 amide bonds. The highest BCUT2D eigenvalue weighted by Gasteiger charge is 2.55. The van der Waals surface area contributed by atoms with E-state index in [0.717, 1.165) is 38.4 Å². The van der Waals surface area contributed by atoms with Gasteiger partial charge in [0.25, 0.3) is 0 Å². The number of hydrogen-bond acceptors (Lipinski definition) is 3. The normalized spacial score (nSPS) is 48.7. The quantitative estimate of drug-likeness (QED) is 0.573. The van der Waals surface area contributed by atoms with Crippen LogP contribution in [-0.2, 0) is 4.79 Å². The highest BCUT2D eigenvalue weighted by atomic mass is 16.3. The Balaban J connectivity index is 1.77. The molecule has 4 aliphatic carbocycles. The molecule has 3 nitrogen and oxygen atoms in total. The first kappa shape index (κ1) is 15.3. The fourth-order valence-electron chi connectivity index (χ4n) is 6.23. The molecule has 4 rings (SSSR count). The van der Waals surface area contributed by atoms with E-state index >= 15 is 0 Å². The van der Waals surface area contributed by atoms with Crippen LogP contribution in [0.25, 0.3) is 0 Å². The molecule has 4 aliphatic rings. The number of hydrogen-bond donors (Lipinski definition) is 2. The van der Waals surface area contributed by atoms with Gasteiger partial charge < -0.3 is 10.5 Å². The van der Waals surface area contributed by atoms with Gasteiger partial charge in [0.1, 0.15) is 0 Å². The number of aliphatic hydroxyl groups is 1. The molecule has 2 fully saturated rings. The lowest BCUT2D eigenvalue weighted by Gasteiger charge is -2.54. The molecule has 0 heterocycles. The van der Waals surface area contributed by atoms with E-state index in [1.54, 1.807) is 0 Å². The molecule has 0 bridgehead atoms. The van der Waals surface area contributed by atoms with Crippen LogP contribution in [-0.4, -0.2) is 23.2 Å². The SMILES string of the molecule is C[C@]12CC=C3[C@@H](CCC4CC(=N)C(C=O)=C[C@]34C)[C@@H]1CC(O)C2. The number of allylic oxidation sites excluding steroid dienone is 4. The summed E-state index contributed by atoms with van der Waals surface area (Å²) < 4.78 is 0. The minimum Gasteiger partial charge on any atom is -0.393 e. The lowest BCUT2D eigenvalue weighted by atomic mass is 9.50. The molecule has 0 spiro atoms. The van der Waals surface area contributed by atoms with E-state index in [1.807, 2.05) is 0 Å². The number of carbonyl (C=O) groups is 1. The van der Waals surface area contributed by atoms with Crippen LogP contribution in [0.15, 0.2) is 23.3 Å². The van der Waals surface area contributed by atoms with Crippen LogP contribution in [0.4, 0.5) is 0 Å². The second kappa shape index (κ2) is 4.89. The number of aliphatic hydroxyl groups excluding tert-OH is 1. The Hall–Kier alpha value is -1.22. The van der Waals surface area contributed by atoms with Gasteiger partial charge in [-0.05, 0) is 61.7 Å². The van der Waals surface area contributed by atoms with Crippen molar-refractivity contribution in [3.05, 3.63) is 23.3 Å². The minimum atomic E-state index is -0.149. The van der Waals surface area contributed by atoms with Gasteiger partial charge in [-0.2, -0.15) is 0 Å². The average Bonchev–Trinajstić information content (AvgIpc) is 2.81. The van der Waals surface area contributed by atoms with Gasteiger partial charge in [-0.3, -0.25) is 4.79 Å². The van der Waals surface area contributed by atoms with Crippen LogP contribution >= 0.6 is 0 Å². The van der Waals surface area contributed by atoms with E-state index in [-0.39, 0.29) is 16.9 Å². The fourth-order valence-corrected chi connectivity index (χ4v) is 6.23. The van der Waals surface area contributed by atoms with Crippen molar-refractivity contribution >= 4 is 12.0 Å². The van der Waals surface area contributed by atoms with Crippen molar-refractivity contribution in [1.29, 1.82) is 5.41 Å². The van der Waals surface area contributed by atoms with Crippen LogP contribution in [0.1, 0.15) is 52.4 Å². The molecule has 3 heteroatoms. The van der Waals surface area contributed by atoms with Crippen LogP contribution in [0.2, 0.25) is 0 Å². The zero-order chi connectivity index (χ0) is 16.4. The Morgan fingerprint density at radius 1 is 1.35 bits per heavy atom. The van der Waals surface area contributed by atoms with E-state index in [0.29, 0.717) is 29.0 Å². The van der Waals surface area contributed by atoms with E-state index in [1.165, 1.54) is 12.0 Å². The summed E-state index contributed by atoms with van der Waals surface area (Å²) in [6.07, 6.45) is 11.2. The number of nitrogens with one attached hydrogen (secondary N) is 1. The van der Waals surface area contributed by atoms with Crippen LogP contribution in [0.3, 0.4) is 0 Å². The predicted molar refractivity (Wildman–Crippen MR) is 90.3 cm³/mol. The molecule has 2 unspecified atom stereocenters. The van der Waals surface area contributed by atoms with E-state index < -0.39 is 0 Å². The molecular weight excluding hydrogens is 286 g/mol. The van der Waals surface area contributed by atoms with Crippen molar-refractivity contribution in [1.82, 2.24) is 0 Å². The number of aldehydes is 1. The van der Waals surface area contributed by atoms with E-state index in [4.69, 9.17) is 5.41 Å². The number of fused-ring (bicyclic) bond motifs is 5. The maximum Gasteiger partial charge on any atom is 0.151 e. The topological polar surface area (TPSA) is 61.2 Å². The van der Waals surface area contributed by atoms with Crippen molar-refractivity contribution in [2.75, 3.05) is 0 Å². The summed E-state index contributed by atoms with van der Waals surface area (Å²) in [5.74, 6) is 1.57. The summed E-state index contributed by atoms with van der Waals surface area (Å²) in [4.78, 5) is 11.4. The zero-order valence-corrected chi connectivity index (χ0v) is 14.1. The van der Waals surface area contributed by atoms with Crippen LogP contribution < -0.4 is 0 Å². The highest BCUT2D eigenvalue weighted by Crippen LogP contribution is 2.63. The summed E-state index contributed by atoms with van der Waals surface area (Å²) in [5.41, 5.74) is 2.77. The third kappa shape index (κ3) is 2.05. The molecule has 2 saturated carbocycles. The van der Waals surface area contributed by atoms with Crippen molar-refractivity contribution in [2.24, 2.45) is 28.6 Å². The molecule has 6 atom stereocenters. The predicted octanol–water partition coefficient (Wildman–Crippen LogP) is 3.67. The van der Waals surface area contributed by atoms with Crippen molar-refractivity contribution < 1.29 is 9.90 Å². The zero-order valence-electron chi connectivity index (χ0n) is 14.1. The molecule has 0 aromatic heterocycles. The highest BCUT2D eigenvalue weighted by molar-refractivity contribution is 6.14. The molecular formula is C20H27NO2. The van der Waals surface area contributed by atoms with Gasteiger partial charge in [-0.15, -0.1) is 0 Å². The summed E-state index contributed by atoms with van der Waals surface area (Å²) in [6, 6.07) is 0. The van der Waals surface area contributed by atoms with Gasteiger partial charge in [0.05, 0.1) is 6.10 Å². The Morgan fingerprint density at radius 2 is 2.13 bits per heavy atom. The van der Waals surface area contributed by atoms with Gasteiger partial charge in [0.2, 0.25) is 0 Å². The molecule has 2 N–H and O–H groups in total. The first-order valence-electron chi connectivity index (χ1n) is 9.02. The van der Waals surface area contributed by atoms with Crippen molar-refractivity contribution in [3.8, 4) is 0 Å². The first-order valence-corrected chi connectivity index (χ1v) is 9.02. The maximum absolute atomic E-state index is 11.4. The fraction of sp³-hybridized carbons (Fsp3) is 0.700. The van der Waals surface area contributed by atoms with Gasteiger partial charge in [-0.25, -0.2) is 0 Å². The maximum atomic E-state index is 11.4.